The smallest absolute Gasteiger partial charge is 0.302 e. The molecule has 1 heterocycles. The summed E-state index contributed by atoms with van der Waals surface area (Å²) in [5.41, 5.74) is -2.54. The second-order valence-corrected chi connectivity index (χ2v) is 11.5. The molecule has 0 aromatic carbocycles. The van der Waals surface area contributed by atoms with Crippen LogP contribution in [0.3, 0.4) is 0 Å². The lowest BCUT2D eigenvalue weighted by molar-refractivity contribution is -0.357. The molecular formula is C26H34O9. The van der Waals surface area contributed by atoms with Gasteiger partial charge in [0.15, 0.2) is 12.1 Å². The van der Waals surface area contributed by atoms with Gasteiger partial charge in [-0.3, -0.25) is 19.2 Å². The molecule has 0 amide bonds. The highest BCUT2D eigenvalue weighted by Crippen LogP contribution is 2.74. The first kappa shape index (κ1) is 24.4. The molecule has 5 fully saturated rings. The minimum Gasteiger partial charge on any atom is -0.462 e. The molecule has 10 atom stereocenters. The molecule has 5 aliphatic rings. The summed E-state index contributed by atoms with van der Waals surface area (Å²) in [7, 11) is 0. The van der Waals surface area contributed by atoms with Gasteiger partial charge < -0.3 is 24.1 Å². The molecule has 4 aliphatic carbocycles. The monoisotopic (exact) mass is 490 g/mol. The third-order valence-corrected chi connectivity index (χ3v) is 9.70. The van der Waals surface area contributed by atoms with Crippen LogP contribution in [0.25, 0.3) is 0 Å². The van der Waals surface area contributed by atoms with E-state index < -0.39 is 65.2 Å². The molecule has 1 N–H and O–H groups in total. The maximum atomic E-state index is 14.2. The number of Topliss-reactive ketones (excluding diaryl/α,β-unsaturated/α-hetero) is 1. The van der Waals surface area contributed by atoms with Crippen molar-refractivity contribution >= 4 is 23.7 Å². The number of ether oxygens (including phenoxy) is 4. The molecule has 5 rings (SSSR count). The van der Waals surface area contributed by atoms with Crippen LogP contribution in [-0.2, 0) is 38.1 Å². The lowest BCUT2D eigenvalue weighted by Crippen LogP contribution is -2.76. The third-order valence-electron chi connectivity index (χ3n) is 9.70. The molecule has 1 aliphatic heterocycles. The van der Waals surface area contributed by atoms with Crippen molar-refractivity contribution in [2.24, 2.45) is 34.0 Å². The van der Waals surface area contributed by atoms with Crippen molar-refractivity contribution in [3.63, 3.8) is 0 Å². The maximum Gasteiger partial charge on any atom is 0.302 e. The highest BCUT2D eigenvalue weighted by Gasteiger charge is 2.82. The number of carbonyl (C=O) groups is 4. The van der Waals surface area contributed by atoms with Crippen molar-refractivity contribution in [2.45, 2.75) is 84.4 Å². The zero-order chi connectivity index (χ0) is 25.5. The quantitative estimate of drug-likeness (QED) is 0.359. The van der Waals surface area contributed by atoms with E-state index in [1.165, 1.54) is 20.8 Å². The number of esters is 3. The molecule has 0 unspecified atom stereocenters. The molecule has 0 radical (unpaired) electrons. The van der Waals surface area contributed by atoms with Gasteiger partial charge in [0.1, 0.15) is 23.7 Å². The van der Waals surface area contributed by atoms with Gasteiger partial charge in [0.25, 0.3) is 0 Å². The van der Waals surface area contributed by atoms with Crippen LogP contribution in [0.4, 0.5) is 0 Å². The van der Waals surface area contributed by atoms with E-state index in [1.807, 2.05) is 0 Å². The van der Waals surface area contributed by atoms with E-state index in [9.17, 15) is 24.3 Å². The maximum absolute atomic E-state index is 14.2. The van der Waals surface area contributed by atoms with Crippen LogP contribution in [-0.4, -0.2) is 60.0 Å². The number of aliphatic hydroxyl groups excluding tert-OH is 1. The Morgan fingerprint density at radius 3 is 2.31 bits per heavy atom. The van der Waals surface area contributed by atoms with Gasteiger partial charge in [-0.1, -0.05) is 19.9 Å². The average molecular weight is 491 g/mol. The number of hydrogen-bond acceptors (Lipinski definition) is 9. The second-order valence-electron chi connectivity index (χ2n) is 11.5. The molecule has 4 saturated carbocycles. The van der Waals surface area contributed by atoms with E-state index in [0.717, 1.165) is 12.8 Å². The van der Waals surface area contributed by atoms with E-state index in [1.54, 1.807) is 0 Å². The number of rotatable bonds is 3. The van der Waals surface area contributed by atoms with E-state index in [0.29, 0.717) is 19.4 Å². The first-order valence-electron chi connectivity index (χ1n) is 12.4. The van der Waals surface area contributed by atoms with E-state index in [4.69, 9.17) is 18.9 Å². The van der Waals surface area contributed by atoms with Gasteiger partial charge in [-0.25, -0.2) is 0 Å². The zero-order valence-corrected chi connectivity index (χ0v) is 20.7. The molecular weight excluding hydrogens is 456 g/mol. The summed E-state index contributed by atoms with van der Waals surface area (Å²) in [4.78, 5) is 51.2. The summed E-state index contributed by atoms with van der Waals surface area (Å²) in [6.45, 7) is 10.4. The van der Waals surface area contributed by atoms with Crippen LogP contribution in [0.5, 0.6) is 0 Å². The fourth-order valence-electron chi connectivity index (χ4n) is 8.85. The Balaban J connectivity index is 1.80. The van der Waals surface area contributed by atoms with Crippen LogP contribution in [0.1, 0.15) is 59.8 Å². The Hall–Kier alpha value is -2.26. The largest absolute Gasteiger partial charge is 0.462 e. The summed E-state index contributed by atoms with van der Waals surface area (Å²) in [6.07, 6.45) is -1.13. The Kier molecular flexibility index (Phi) is 5.49. The number of aliphatic hydroxyl groups is 1. The number of carbonyl (C=O) groups excluding carboxylic acids is 4. The molecule has 192 valence electrons. The molecule has 0 aromatic heterocycles. The average Bonchev–Trinajstić information content (AvgIpc) is 2.87. The molecule has 9 heteroatoms. The summed E-state index contributed by atoms with van der Waals surface area (Å²) in [5, 5.41) is 11.5. The van der Waals surface area contributed by atoms with Crippen LogP contribution in [0.2, 0.25) is 0 Å². The number of hydrogen-bond donors (Lipinski definition) is 1. The van der Waals surface area contributed by atoms with E-state index in [2.05, 4.69) is 13.5 Å². The van der Waals surface area contributed by atoms with Gasteiger partial charge in [0.05, 0.1) is 6.61 Å². The fraction of sp³-hybridized carbons (Fsp3) is 0.769. The van der Waals surface area contributed by atoms with Gasteiger partial charge in [0.2, 0.25) is 0 Å². The second kappa shape index (κ2) is 7.87. The van der Waals surface area contributed by atoms with Crippen LogP contribution >= 0.6 is 0 Å². The Labute approximate surface area is 204 Å². The topological polar surface area (TPSA) is 125 Å². The summed E-state index contributed by atoms with van der Waals surface area (Å²) in [6, 6.07) is 0. The Morgan fingerprint density at radius 1 is 1.03 bits per heavy atom. The van der Waals surface area contributed by atoms with Crippen LogP contribution in [0, 0.1) is 34.0 Å². The molecule has 0 aromatic rings. The normalized spacial score (nSPS) is 47.9. The highest BCUT2D eigenvalue weighted by molar-refractivity contribution is 6.05. The lowest BCUT2D eigenvalue weighted by atomic mass is 9.37. The van der Waals surface area contributed by atoms with Gasteiger partial charge in [0, 0.05) is 38.0 Å². The molecule has 9 nitrogen and oxygen atoms in total. The van der Waals surface area contributed by atoms with Crippen LogP contribution in [0.15, 0.2) is 12.2 Å². The predicted octanol–water partition coefficient (Wildman–Crippen LogP) is 2.09. The summed E-state index contributed by atoms with van der Waals surface area (Å²) >= 11 is 0. The Morgan fingerprint density at radius 2 is 1.69 bits per heavy atom. The van der Waals surface area contributed by atoms with Crippen molar-refractivity contribution in [2.75, 3.05) is 6.61 Å². The number of ketones is 1. The molecule has 1 saturated heterocycles. The molecule has 1 spiro atoms. The van der Waals surface area contributed by atoms with Crippen molar-refractivity contribution in [3.8, 4) is 0 Å². The summed E-state index contributed by atoms with van der Waals surface area (Å²) in [5.74, 6) is -3.53. The minimum absolute atomic E-state index is 0.165. The van der Waals surface area contributed by atoms with Gasteiger partial charge in [-0.2, -0.15) is 0 Å². The standard InChI is InChI=1S/C26H34O9/c1-12-16-9-17(33-13(2)27)20-25-8-6-7-24(5,11-32-23(25)31)18(25)10-19(34-14(3)28)26(20,21(12)30)22(16)35-15(4)29/h16-20,22-23,31H,1,6-11H2,2-5H3/t16-,17-,18+,19+,20-,22+,23+,24-,25-,26-/m0/s1. The van der Waals surface area contributed by atoms with E-state index in [-0.39, 0.29) is 29.1 Å². The minimum atomic E-state index is -1.53. The summed E-state index contributed by atoms with van der Waals surface area (Å²) < 4.78 is 23.6. The van der Waals surface area contributed by atoms with E-state index >= 15 is 0 Å². The SMILES string of the molecule is C=C1C(=O)[C@@]23[C@H](OC(C)=O)[C@H]1C[C@H](OC(C)=O)[C@H]2[C@@]12CCC[C@@](C)(CO[C@H]1O)[C@H]2C[C@H]3OC(C)=O. The van der Waals surface area contributed by atoms with Crippen molar-refractivity contribution in [1.82, 2.24) is 0 Å². The highest BCUT2D eigenvalue weighted by atomic mass is 16.6. The first-order valence-corrected chi connectivity index (χ1v) is 12.4. The van der Waals surface area contributed by atoms with Crippen molar-refractivity contribution in [1.29, 1.82) is 0 Å². The van der Waals surface area contributed by atoms with Crippen molar-refractivity contribution in [3.05, 3.63) is 12.2 Å². The zero-order valence-electron chi connectivity index (χ0n) is 20.7. The molecule has 4 bridgehead atoms. The van der Waals surface area contributed by atoms with Gasteiger partial charge in [-0.05, 0) is 42.6 Å². The Bertz CT molecular complexity index is 1000. The predicted molar refractivity (Wildman–Crippen MR) is 119 cm³/mol. The van der Waals surface area contributed by atoms with Crippen molar-refractivity contribution < 1.29 is 43.2 Å². The van der Waals surface area contributed by atoms with Gasteiger partial charge >= 0.3 is 17.9 Å². The fourth-order valence-corrected chi connectivity index (χ4v) is 8.85. The third kappa shape index (κ3) is 3.06. The lowest BCUT2D eigenvalue weighted by Gasteiger charge is -2.70. The van der Waals surface area contributed by atoms with Crippen LogP contribution < -0.4 is 0 Å². The first-order chi connectivity index (χ1) is 16.4. The molecule has 35 heavy (non-hydrogen) atoms. The number of fused-ring (bicyclic) bond motifs is 1. The van der Waals surface area contributed by atoms with Gasteiger partial charge in [-0.15, -0.1) is 0 Å².